The van der Waals surface area contributed by atoms with Crippen LogP contribution in [0.3, 0.4) is 0 Å². The van der Waals surface area contributed by atoms with Gasteiger partial charge in [0, 0.05) is 29.6 Å². The van der Waals surface area contributed by atoms with Crippen molar-refractivity contribution in [3.63, 3.8) is 0 Å². The van der Waals surface area contributed by atoms with Crippen LogP contribution in [0.2, 0.25) is 0 Å². The second-order valence-electron chi connectivity index (χ2n) is 6.10. The van der Waals surface area contributed by atoms with Crippen molar-refractivity contribution in [1.82, 2.24) is 15.6 Å². The van der Waals surface area contributed by atoms with Crippen molar-refractivity contribution in [3.8, 4) is 0 Å². The van der Waals surface area contributed by atoms with Gasteiger partial charge in [-0.3, -0.25) is 9.59 Å². The van der Waals surface area contributed by atoms with Gasteiger partial charge in [-0.1, -0.05) is 24.3 Å². The normalized spacial score (nSPS) is 10.6. The van der Waals surface area contributed by atoms with E-state index in [4.69, 9.17) is 0 Å². The lowest BCUT2D eigenvalue weighted by atomic mass is 10.1. The first-order valence-electron chi connectivity index (χ1n) is 8.26. The van der Waals surface area contributed by atoms with Crippen molar-refractivity contribution >= 4 is 22.7 Å². The number of hydrogen-bond acceptors (Lipinski definition) is 2. The highest BCUT2D eigenvalue weighted by atomic mass is 16.2. The molecule has 0 saturated carbocycles. The number of benzene rings is 2. The first-order valence-corrected chi connectivity index (χ1v) is 8.26. The lowest BCUT2D eigenvalue weighted by molar-refractivity contribution is 0.0925. The van der Waals surface area contributed by atoms with Gasteiger partial charge in [0.05, 0.1) is 0 Å². The van der Waals surface area contributed by atoms with Gasteiger partial charge in [-0.25, -0.2) is 0 Å². The summed E-state index contributed by atoms with van der Waals surface area (Å²) in [6.45, 7) is 4.80. The molecule has 0 spiro atoms. The number of aromatic nitrogens is 1. The van der Waals surface area contributed by atoms with Gasteiger partial charge in [-0.2, -0.15) is 0 Å². The molecule has 0 bridgehead atoms. The molecule has 5 nitrogen and oxygen atoms in total. The van der Waals surface area contributed by atoms with Crippen LogP contribution in [-0.2, 0) is 0 Å². The maximum Gasteiger partial charge on any atom is 0.267 e. The zero-order valence-corrected chi connectivity index (χ0v) is 14.3. The zero-order valence-electron chi connectivity index (χ0n) is 14.3. The highest BCUT2D eigenvalue weighted by molar-refractivity contribution is 5.99. The van der Waals surface area contributed by atoms with Gasteiger partial charge in [0.15, 0.2) is 0 Å². The van der Waals surface area contributed by atoms with Crippen molar-refractivity contribution < 1.29 is 9.59 Å². The van der Waals surface area contributed by atoms with Crippen LogP contribution in [0.4, 0.5) is 0 Å². The third-order valence-corrected chi connectivity index (χ3v) is 4.07. The predicted octanol–water partition coefficient (Wildman–Crippen LogP) is 2.94. The van der Waals surface area contributed by atoms with Crippen LogP contribution >= 0.6 is 0 Å². The fourth-order valence-corrected chi connectivity index (χ4v) is 2.86. The highest BCUT2D eigenvalue weighted by Gasteiger charge is 2.11. The Morgan fingerprint density at radius 2 is 1.60 bits per heavy atom. The Kier molecular flexibility index (Phi) is 4.84. The minimum Gasteiger partial charge on any atom is -0.351 e. The fourth-order valence-electron chi connectivity index (χ4n) is 2.86. The minimum absolute atomic E-state index is 0.147. The molecule has 0 radical (unpaired) electrons. The van der Waals surface area contributed by atoms with E-state index in [-0.39, 0.29) is 11.8 Å². The molecule has 128 valence electrons. The van der Waals surface area contributed by atoms with E-state index < -0.39 is 0 Å². The van der Waals surface area contributed by atoms with Crippen molar-refractivity contribution in [2.24, 2.45) is 0 Å². The first-order chi connectivity index (χ1) is 12.0. The van der Waals surface area contributed by atoms with Gasteiger partial charge >= 0.3 is 0 Å². The van der Waals surface area contributed by atoms with E-state index in [9.17, 15) is 9.59 Å². The lowest BCUT2D eigenvalue weighted by Gasteiger charge is -2.06. The zero-order chi connectivity index (χ0) is 17.8. The predicted molar refractivity (Wildman–Crippen MR) is 98.9 cm³/mol. The number of hydrogen-bond donors (Lipinski definition) is 3. The largest absolute Gasteiger partial charge is 0.351 e. The summed E-state index contributed by atoms with van der Waals surface area (Å²) < 4.78 is 0. The van der Waals surface area contributed by atoms with Crippen molar-refractivity contribution in [2.75, 3.05) is 13.1 Å². The van der Waals surface area contributed by atoms with E-state index in [1.807, 2.05) is 44.2 Å². The maximum absolute atomic E-state index is 12.3. The van der Waals surface area contributed by atoms with Gasteiger partial charge in [0.2, 0.25) is 0 Å². The van der Waals surface area contributed by atoms with E-state index in [1.54, 1.807) is 12.1 Å². The molecule has 25 heavy (non-hydrogen) atoms. The topological polar surface area (TPSA) is 74.0 Å². The molecule has 3 N–H and O–H groups in total. The maximum atomic E-state index is 12.3. The molecule has 2 aromatic carbocycles. The molecule has 2 amide bonds. The molecule has 0 fully saturated rings. The summed E-state index contributed by atoms with van der Waals surface area (Å²) in [5.41, 5.74) is 4.39. The van der Waals surface area contributed by atoms with E-state index >= 15 is 0 Å². The van der Waals surface area contributed by atoms with Crippen LogP contribution in [0.5, 0.6) is 0 Å². The number of rotatable bonds is 5. The van der Waals surface area contributed by atoms with E-state index in [1.165, 1.54) is 0 Å². The number of nitrogens with one attached hydrogen (secondary N) is 3. The highest BCUT2D eigenvalue weighted by Crippen LogP contribution is 2.21. The smallest absolute Gasteiger partial charge is 0.267 e. The summed E-state index contributed by atoms with van der Waals surface area (Å²) in [6, 6.07) is 15.0. The number of aromatic amines is 1. The summed E-state index contributed by atoms with van der Waals surface area (Å²) >= 11 is 0. The second kappa shape index (κ2) is 7.21. The molecule has 0 aliphatic heterocycles. The number of H-pyrrole nitrogens is 1. The van der Waals surface area contributed by atoms with E-state index in [0.29, 0.717) is 24.3 Å². The van der Waals surface area contributed by atoms with Crippen LogP contribution in [0.15, 0.2) is 48.5 Å². The minimum atomic E-state index is -0.179. The number of fused-ring (bicyclic) bond motifs is 1. The van der Waals surface area contributed by atoms with E-state index in [0.717, 1.165) is 22.0 Å². The molecule has 1 heterocycles. The average Bonchev–Trinajstić information content (AvgIpc) is 3.03. The number of carbonyl (C=O) groups excluding carboxylic acids is 2. The Hall–Kier alpha value is -3.08. The summed E-state index contributed by atoms with van der Waals surface area (Å²) in [6.07, 6.45) is 0. The number of aryl methyl sites for hydroxylation is 2. The quantitative estimate of drug-likeness (QED) is 0.627. The Bertz CT molecular complexity index is 913. The molecule has 0 unspecified atom stereocenters. The third-order valence-electron chi connectivity index (χ3n) is 4.07. The average molecular weight is 335 g/mol. The van der Waals surface area contributed by atoms with Gasteiger partial charge in [-0.15, -0.1) is 0 Å². The van der Waals surface area contributed by atoms with Crippen molar-refractivity contribution in [3.05, 3.63) is 70.9 Å². The van der Waals surface area contributed by atoms with Crippen molar-refractivity contribution in [1.29, 1.82) is 0 Å². The molecule has 0 atom stereocenters. The monoisotopic (exact) mass is 335 g/mol. The fraction of sp³-hybridized carbons (Fsp3) is 0.200. The third kappa shape index (κ3) is 3.88. The SMILES string of the molecule is Cc1cc(C)c2cc(C(=O)NCCNC(=O)c3ccccc3)[nH]c2c1. The molecule has 0 saturated heterocycles. The molecular formula is C20H21N3O2. The Morgan fingerprint density at radius 3 is 2.32 bits per heavy atom. The van der Waals surface area contributed by atoms with Crippen LogP contribution in [0.25, 0.3) is 10.9 Å². The number of amides is 2. The summed E-state index contributed by atoms with van der Waals surface area (Å²) in [7, 11) is 0. The standard InChI is InChI=1S/C20H21N3O2/c1-13-10-14(2)16-12-18(23-17(16)11-13)20(25)22-9-8-21-19(24)15-6-4-3-5-7-15/h3-7,10-12,23H,8-9H2,1-2H3,(H,21,24)(H,22,25). The first kappa shape index (κ1) is 16.8. The Balaban J connectivity index is 1.54. The van der Waals surface area contributed by atoms with Gasteiger partial charge in [-0.05, 0) is 49.2 Å². The second-order valence-corrected chi connectivity index (χ2v) is 6.10. The van der Waals surface area contributed by atoms with Crippen LogP contribution in [0, 0.1) is 13.8 Å². The molecule has 0 aliphatic carbocycles. The molecule has 1 aromatic heterocycles. The Labute approximate surface area is 146 Å². The van der Waals surface area contributed by atoms with Gasteiger partial charge in [0.1, 0.15) is 5.69 Å². The molecule has 3 rings (SSSR count). The van der Waals surface area contributed by atoms with E-state index in [2.05, 4.69) is 21.7 Å². The molecule has 3 aromatic rings. The van der Waals surface area contributed by atoms with Crippen LogP contribution in [-0.4, -0.2) is 29.9 Å². The summed E-state index contributed by atoms with van der Waals surface area (Å²) in [5, 5.41) is 6.65. The van der Waals surface area contributed by atoms with Gasteiger partial charge < -0.3 is 15.6 Å². The molecular weight excluding hydrogens is 314 g/mol. The molecule has 5 heteroatoms. The van der Waals surface area contributed by atoms with Crippen LogP contribution < -0.4 is 10.6 Å². The number of carbonyl (C=O) groups is 2. The Morgan fingerprint density at radius 1 is 0.920 bits per heavy atom. The van der Waals surface area contributed by atoms with Gasteiger partial charge in [0.25, 0.3) is 11.8 Å². The van der Waals surface area contributed by atoms with Crippen LogP contribution in [0.1, 0.15) is 32.0 Å². The van der Waals surface area contributed by atoms with Crippen molar-refractivity contribution in [2.45, 2.75) is 13.8 Å². The summed E-state index contributed by atoms with van der Waals surface area (Å²) in [5.74, 6) is -0.325. The molecule has 0 aliphatic rings. The summed E-state index contributed by atoms with van der Waals surface area (Å²) in [4.78, 5) is 27.3. The lowest BCUT2D eigenvalue weighted by Crippen LogP contribution is -2.34.